The first-order chi connectivity index (χ1) is 16.2. The van der Waals surface area contributed by atoms with E-state index in [4.69, 9.17) is 21.1 Å². The monoisotopic (exact) mass is 488 g/mol. The second-order valence-electron chi connectivity index (χ2n) is 10.2. The minimum atomic E-state index is -0.791. The van der Waals surface area contributed by atoms with Crippen LogP contribution in [0.2, 0.25) is 5.02 Å². The number of urea groups is 1. The fraction of sp³-hybridized carbons (Fsp3) is 0.560. The molecule has 8 nitrogen and oxygen atoms in total. The Hall–Kier alpha value is -2.58. The van der Waals surface area contributed by atoms with Crippen LogP contribution < -0.4 is 10.6 Å². The number of rotatable bonds is 6. The summed E-state index contributed by atoms with van der Waals surface area (Å²) in [6.07, 6.45) is 4.41. The van der Waals surface area contributed by atoms with Crippen LogP contribution >= 0.6 is 11.6 Å². The van der Waals surface area contributed by atoms with E-state index in [2.05, 4.69) is 10.6 Å². The molecule has 182 valence electrons. The highest BCUT2D eigenvalue weighted by molar-refractivity contribution is 6.30. The van der Waals surface area contributed by atoms with Crippen molar-refractivity contribution in [2.45, 2.75) is 57.1 Å². The molecule has 0 saturated heterocycles. The zero-order valence-corrected chi connectivity index (χ0v) is 19.8. The van der Waals surface area contributed by atoms with Crippen LogP contribution in [0.4, 0.5) is 4.79 Å². The van der Waals surface area contributed by atoms with Crippen LogP contribution in [0.1, 0.15) is 57.1 Å². The van der Waals surface area contributed by atoms with Gasteiger partial charge >= 0.3 is 18.0 Å². The summed E-state index contributed by atoms with van der Waals surface area (Å²) in [4.78, 5) is 38.7. The molecule has 1 aromatic carbocycles. The number of halogens is 1. The van der Waals surface area contributed by atoms with Crippen molar-refractivity contribution in [1.29, 1.82) is 0 Å². The van der Waals surface area contributed by atoms with Crippen molar-refractivity contribution in [3.63, 3.8) is 0 Å². The van der Waals surface area contributed by atoms with Gasteiger partial charge in [0.2, 0.25) is 0 Å². The molecular formula is C25H29ClN2O6. The van der Waals surface area contributed by atoms with E-state index in [-0.39, 0.29) is 30.5 Å². The standard InChI is InChI=1S/C25H29ClN2O6/c1-2-33-21(29)19-18(27-23(31)28-20(19)16-3-5-17(26)6-4-16)12-34-22(30)24-8-14-7-15(9-24)11-25(32,10-14)13-24/h3-6,14-15,20,32H,2,7-13H2,1H3,(H2,27,28,31). The van der Waals surface area contributed by atoms with Crippen LogP contribution in [0, 0.1) is 17.3 Å². The molecule has 4 fully saturated rings. The fourth-order valence-corrected chi connectivity index (χ4v) is 6.96. The van der Waals surface area contributed by atoms with Crippen LogP contribution in [0.3, 0.4) is 0 Å². The largest absolute Gasteiger partial charge is 0.463 e. The fourth-order valence-electron chi connectivity index (χ4n) is 6.83. The molecule has 3 atom stereocenters. The number of amides is 2. The van der Waals surface area contributed by atoms with Gasteiger partial charge in [-0.25, -0.2) is 9.59 Å². The lowest BCUT2D eigenvalue weighted by Crippen LogP contribution is -2.58. The van der Waals surface area contributed by atoms with Crippen LogP contribution in [-0.4, -0.2) is 41.9 Å². The zero-order valence-electron chi connectivity index (χ0n) is 19.1. The van der Waals surface area contributed by atoms with E-state index in [0.29, 0.717) is 28.8 Å². The highest BCUT2D eigenvalue weighted by atomic mass is 35.5. The Morgan fingerprint density at radius 2 is 1.79 bits per heavy atom. The summed E-state index contributed by atoms with van der Waals surface area (Å²) < 4.78 is 11.0. The highest BCUT2D eigenvalue weighted by Crippen LogP contribution is 2.62. The first-order valence-electron chi connectivity index (χ1n) is 11.8. The number of carbonyl (C=O) groups is 3. The van der Waals surface area contributed by atoms with Gasteiger partial charge in [-0.2, -0.15) is 0 Å². The summed E-state index contributed by atoms with van der Waals surface area (Å²) in [6, 6.07) is 5.49. The molecule has 6 rings (SSSR count). The van der Waals surface area contributed by atoms with Gasteiger partial charge in [-0.05, 0) is 75.0 Å². The SMILES string of the molecule is CCOC(=O)C1=C(COC(=O)C23CC4CC(CC(O)(C4)C2)C3)NC(=O)NC1c1ccc(Cl)cc1. The van der Waals surface area contributed by atoms with Crippen molar-refractivity contribution in [1.82, 2.24) is 10.6 Å². The van der Waals surface area contributed by atoms with Gasteiger partial charge in [0.25, 0.3) is 0 Å². The molecule has 4 aliphatic carbocycles. The summed E-state index contributed by atoms with van der Waals surface area (Å²) in [7, 11) is 0. The second kappa shape index (κ2) is 8.57. The van der Waals surface area contributed by atoms with Crippen molar-refractivity contribution >= 4 is 29.6 Å². The van der Waals surface area contributed by atoms with Gasteiger partial charge in [0.15, 0.2) is 0 Å². The smallest absolute Gasteiger partial charge is 0.338 e. The van der Waals surface area contributed by atoms with E-state index >= 15 is 0 Å². The predicted molar refractivity (Wildman–Crippen MR) is 123 cm³/mol. The highest BCUT2D eigenvalue weighted by Gasteiger charge is 2.61. The normalized spacial score (nSPS) is 33.9. The van der Waals surface area contributed by atoms with Crippen molar-refractivity contribution in [3.8, 4) is 0 Å². The molecule has 4 bridgehead atoms. The maximum Gasteiger partial charge on any atom is 0.338 e. The Kier molecular flexibility index (Phi) is 5.84. The lowest BCUT2D eigenvalue weighted by atomic mass is 9.48. The molecule has 2 amide bonds. The third-order valence-electron chi connectivity index (χ3n) is 7.66. The number of nitrogens with one attached hydrogen (secondary N) is 2. The minimum Gasteiger partial charge on any atom is -0.463 e. The molecule has 1 heterocycles. The van der Waals surface area contributed by atoms with Crippen LogP contribution in [0.5, 0.6) is 0 Å². The molecular weight excluding hydrogens is 460 g/mol. The van der Waals surface area contributed by atoms with Crippen LogP contribution in [0.25, 0.3) is 0 Å². The van der Waals surface area contributed by atoms with Crippen molar-refractivity contribution < 1.29 is 29.0 Å². The Labute approximate surface area is 203 Å². The maximum absolute atomic E-state index is 13.3. The molecule has 0 radical (unpaired) electrons. The number of aliphatic hydroxyl groups is 1. The van der Waals surface area contributed by atoms with E-state index < -0.39 is 29.1 Å². The van der Waals surface area contributed by atoms with Gasteiger partial charge in [0.1, 0.15) is 6.61 Å². The Bertz CT molecular complexity index is 1040. The molecule has 0 spiro atoms. The van der Waals surface area contributed by atoms with E-state index in [1.165, 1.54) is 0 Å². The quantitative estimate of drug-likeness (QED) is 0.529. The molecule has 3 N–H and O–H groups in total. The van der Waals surface area contributed by atoms with Crippen LogP contribution in [-0.2, 0) is 19.1 Å². The number of hydrogen-bond acceptors (Lipinski definition) is 6. The molecule has 0 aromatic heterocycles. The third kappa shape index (κ3) is 4.18. The molecule has 34 heavy (non-hydrogen) atoms. The lowest BCUT2D eigenvalue weighted by molar-refractivity contribution is -0.195. The van der Waals surface area contributed by atoms with E-state index in [1.54, 1.807) is 31.2 Å². The van der Waals surface area contributed by atoms with Gasteiger partial charge in [-0.3, -0.25) is 4.79 Å². The molecule has 5 aliphatic rings. The molecule has 9 heteroatoms. The van der Waals surface area contributed by atoms with Gasteiger partial charge in [-0.15, -0.1) is 0 Å². The van der Waals surface area contributed by atoms with Crippen molar-refractivity contribution in [2.24, 2.45) is 17.3 Å². The van der Waals surface area contributed by atoms with Crippen molar-refractivity contribution in [2.75, 3.05) is 13.2 Å². The minimum absolute atomic E-state index is 0.154. The van der Waals surface area contributed by atoms with E-state index in [0.717, 1.165) is 32.1 Å². The number of carbonyl (C=O) groups excluding carboxylic acids is 3. The maximum atomic E-state index is 13.3. The molecule has 4 saturated carbocycles. The summed E-state index contributed by atoms with van der Waals surface area (Å²) in [5.74, 6) is -0.307. The van der Waals surface area contributed by atoms with Gasteiger partial charge in [0.05, 0.1) is 34.9 Å². The summed E-state index contributed by atoms with van der Waals surface area (Å²) in [6.45, 7) is 1.59. The topological polar surface area (TPSA) is 114 Å². The predicted octanol–water partition coefficient (Wildman–Crippen LogP) is 3.39. The Balaban J connectivity index is 1.41. The Morgan fingerprint density at radius 1 is 1.12 bits per heavy atom. The van der Waals surface area contributed by atoms with E-state index in [1.807, 2.05) is 0 Å². The molecule has 3 unspecified atom stereocenters. The summed E-state index contributed by atoms with van der Waals surface area (Å²) in [5, 5.41) is 16.9. The molecule has 1 aliphatic heterocycles. The van der Waals surface area contributed by atoms with Crippen LogP contribution in [0.15, 0.2) is 35.5 Å². The summed E-state index contributed by atoms with van der Waals surface area (Å²) in [5.41, 5.74) is -0.467. The average molecular weight is 489 g/mol. The Morgan fingerprint density at radius 3 is 2.41 bits per heavy atom. The second-order valence-corrected chi connectivity index (χ2v) is 10.7. The van der Waals surface area contributed by atoms with Gasteiger partial charge in [-0.1, -0.05) is 23.7 Å². The van der Waals surface area contributed by atoms with E-state index in [9.17, 15) is 19.5 Å². The number of ether oxygens (including phenoxy) is 2. The average Bonchev–Trinajstić information content (AvgIpc) is 2.76. The number of hydrogen-bond donors (Lipinski definition) is 3. The number of benzene rings is 1. The lowest BCUT2D eigenvalue weighted by Gasteiger charge is -2.58. The first-order valence-corrected chi connectivity index (χ1v) is 12.2. The zero-order chi connectivity index (χ0) is 24.1. The number of esters is 2. The summed E-state index contributed by atoms with van der Waals surface area (Å²) >= 11 is 6.00. The van der Waals surface area contributed by atoms with Crippen molar-refractivity contribution in [3.05, 3.63) is 46.1 Å². The van der Waals surface area contributed by atoms with Gasteiger partial charge < -0.3 is 25.2 Å². The third-order valence-corrected chi connectivity index (χ3v) is 7.92. The van der Waals surface area contributed by atoms with Gasteiger partial charge in [0, 0.05) is 5.02 Å². The molecule has 1 aromatic rings. The first kappa shape index (κ1) is 23.2.